The normalized spacial score (nSPS) is 10.8. The molecule has 0 amide bonds. The van der Waals surface area contributed by atoms with Crippen molar-refractivity contribution in [3.05, 3.63) is 22.7 Å². The molecule has 1 aromatic heterocycles. The second-order valence-corrected chi connectivity index (χ2v) is 3.93. The number of hydrogen-bond donors (Lipinski definition) is 2. The van der Waals surface area contributed by atoms with Crippen LogP contribution in [0.1, 0.15) is 20.8 Å². The Morgan fingerprint density at radius 2 is 2.31 bits per heavy atom. The lowest BCUT2D eigenvalue weighted by Gasteiger charge is -2.21. The minimum absolute atomic E-state index is 0.131. The Kier molecular flexibility index (Phi) is 4.98. The van der Waals surface area contributed by atoms with Crippen LogP contribution in [0.4, 0.5) is 5.82 Å². The first-order valence-corrected chi connectivity index (χ1v) is 5.67. The Balaban J connectivity index is 2.61. The molecule has 2 N–H and O–H groups in total. The van der Waals surface area contributed by atoms with Gasteiger partial charge in [0.1, 0.15) is 0 Å². The predicted octanol–water partition coefficient (Wildman–Crippen LogP) is 0.594. The van der Waals surface area contributed by atoms with Crippen molar-refractivity contribution in [2.45, 2.75) is 26.8 Å². The van der Waals surface area contributed by atoms with Gasteiger partial charge >= 0.3 is 0 Å². The van der Waals surface area contributed by atoms with Crippen molar-refractivity contribution in [3.8, 4) is 0 Å². The van der Waals surface area contributed by atoms with Crippen LogP contribution in [0, 0.1) is 0 Å². The minimum Gasteiger partial charge on any atom is -0.351 e. The van der Waals surface area contributed by atoms with Gasteiger partial charge in [0, 0.05) is 38.1 Å². The van der Waals surface area contributed by atoms with Crippen LogP contribution < -0.4 is 15.8 Å². The third kappa shape index (κ3) is 3.66. The van der Waals surface area contributed by atoms with Gasteiger partial charge in [0.05, 0.1) is 0 Å². The van der Waals surface area contributed by atoms with E-state index in [1.54, 1.807) is 12.4 Å². The van der Waals surface area contributed by atoms with E-state index in [1.165, 1.54) is 0 Å². The molecular weight excluding hydrogens is 204 g/mol. The number of aromatic nitrogens is 2. The molecule has 0 aliphatic heterocycles. The maximum atomic E-state index is 11.5. The highest BCUT2D eigenvalue weighted by atomic mass is 16.1. The number of H-pyrrole nitrogens is 1. The molecule has 90 valence electrons. The monoisotopic (exact) mass is 224 g/mol. The zero-order chi connectivity index (χ0) is 12.0. The van der Waals surface area contributed by atoms with Crippen LogP contribution in [0.3, 0.4) is 0 Å². The maximum absolute atomic E-state index is 11.5. The van der Waals surface area contributed by atoms with Crippen LogP contribution in [0.5, 0.6) is 0 Å². The van der Waals surface area contributed by atoms with Crippen molar-refractivity contribution in [2.75, 3.05) is 24.5 Å². The zero-order valence-electron chi connectivity index (χ0n) is 10.2. The van der Waals surface area contributed by atoms with Crippen LogP contribution in [0.25, 0.3) is 0 Å². The molecule has 1 aromatic rings. The fourth-order valence-electron chi connectivity index (χ4n) is 1.47. The number of aromatic amines is 1. The Hall–Kier alpha value is -1.36. The molecule has 1 heterocycles. The van der Waals surface area contributed by atoms with Crippen molar-refractivity contribution in [1.29, 1.82) is 0 Å². The molecule has 0 fully saturated rings. The number of nitrogens with one attached hydrogen (secondary N) is 2. The zero-order valence-corrected chi connectivity index (χ0v) is 10.2. The van der Waals surface area contributed by atoms with Gasteiger partial charge in [0.25, 0.3) is 5.56 Å². The molecule has 0 aromatic carbocycles. The highest BCUT2D eigenvalue weighted by Gasteiger charge is 2.08. The van der Waals surface area contributed by atoms with Crippen LogP contribution in [-0.2, 0) is 0 Å². The minimum atomic E-state index is -0.131. The molecule has 0 atom stereocenters. The van der Waals surface area contributed by atoms with Gasteiger partial charge in [-0.3, -0.25) is 4.79 Å². The molecule has 5 nitrogen and oxygen atoms in total. The number of rotatable bonds is 6. The first-order chi connectivity index (χ1) is 7.65. The Morgan fingerprint density at radius 1 is 1.56 bits per heavy atom. The topological polar surface area (TPSA) is 61.0 Å². The van der Waals surface area contributed by atoms with E-state index in [1.807, 2.05) is 11.8 Å². The van der Waals surface area contributed by atoms with Gasteiger partial charge in [0.15, 0.2) is 5.82 Å². The molecule has 16 heavy (non-hydrogen) atoms. The summed E-state index contributed by atoms with van der Waals surface area (Å²) in [5.41, 5.74) is -0.131. The summed E-state index contributed by atoms with van der Waals surface area (Å²) in [6.07, 6.45) is 3.15. The molecule has 0 radical (unpaired) electrons. The van der Waals surface area contributed by atoms with E-state index in [2.05, 4.69) is 29.1 Å². The lowest BCUT2D eigenvalue weighted by atomic mass is 10.4. The van der Waals surface area contributed by atoms with E-state index in [4.69, 9.17) is 0 Å². The highest BCUT2D eigenvalue weighted by molar-refractivity contribution is 5.34. The van der Waals surface area contributed by atoms with Crippen LogP contribution in [-0.4, -0.2) is 35.6 Å². The van der Waals surface area contributed by atoms with E-state index in [0.29, 0.717) is 11.9 Å². The van der Waals surface area contributed by atoms with Gasteiger partial charge in [-0.25, -0.2) is 4.98 Å². The van der Waals surface area contributed by atoms with E-state index in [9.17, 15) is 4.79 Å². The first-order valence-electron chi connectivity index (χ1n) is 5.67. The third-order valence-electron chi connectivity index (χ3n) is 2.30. The number of likely N-dealkylation sites (N-methyl/N-ethyl adjacent to an activating group) is 1. The highest BCUT2D eigenvalue weighted by Crippen LogP contribution is 2.00. The molecule has 0 aliphatic rings. The Labute approximate surface area is 95.9 Å². The summed E-state index contributed by atoms with van der Waals surface area (Å²) in [4.78, 5) is 20.2. The van der Waals surface area contributed by atoms with Crippen molar-refractivity contribution >= 4 is 5.82 Å². The second-order valence-electron chi connectivity index (χ2n) is 3.93. The standard InChI is InChI=1S/C11H20N4O/c1-4-15(8-7-12-9(2)3)10-11(16)14-6-5-13-10/h5-6,9,12H,4,7-8H2,1-3H3,(H,14,16). The molecule has 1 rings (SSSR count). The summed E-state index contributed by atoms with van der Waals surface area (Å²) >= 11 is 0. The molecule has 0 saturated heterocycles. The van der Waals surface area contributed by atoms with Gasteiger partial charge in [-0.1, -0.05) is 13.8 Å². The molecular formula is C11H20N4O. The molecule has 0 saturated carbocycles. The van der Waals surface area contributed by atoms with Crippen molar-refractivity contribution in [2.24, 2.45) is 0 Å². The molecule has 0 aliphatic carbocycles. The lowest BCUT2D eigenvalue weighted by Crippen LogP contribution is -2.37. The molecule has 0 bridgehead atoms. The second kappa shape index (κ2) is 6.27. The van der Waals surface area contributed by atoms with Gasteiger partial charge < -0.3 is 15.2 Å². The molecule has 5 heteroatoms. The number of anilines is 1. The average Bonchev–Trinajstić information content (AvgIpc) is 2.25. The van der Waals surface area contributed by atoms with E-state index in [-0.39, 0.29) is 5.56 Å². The van der Waals surface area contributed by atoms with Gasteiger partial charge in [0.2, 0.25) is 0 Å². The summed E-state index contributed by atoms with van der Waals surface area (Å²) in [6.45, 7) is 8.63. The quantitative estimate of drug-likeness (QED) is 0.742. The summed E-state index contributed by atoms with van der Waals surface area (Å²) in [7, 11) is 0. The fraction of sp³-hybridized carbons (Fsp3) is 0.636. The summed E-state index contributed by atoms with van der Waals surface area (Å²) in [6, 6.07) is 0.459. The van der Waals surface area contributed by atoms with Gasteiger partial charge in [-0.15, -0.1) is 0 Å². The lowest BCUT2D eigenvalue weighted by molar-refractivity contribution is 0.581. The summed E-state index contributed by atoms with van der Waals surface area (Å²) in [5, 5.41) is 3.32. The Morgan fingerprint density at radius 3 is 2.88 bits per heavy atom. The maximum Gasteiger partial charge on any atom is 0.290 e. The third-order valence-corrected chi connectivity index (χ3v) is 2.30. The first kappa shape index (κ1) is 12.7. The summed E-state index contributed by atoms with van der Waals surface area (Å²) < 4.78 is 0. The van der Waals surface area contributed by atoms with Gasteiger partial charge in [-0.05, 0) is 6.92 Å². The van der Waals surface area contributed by atoms with E-state index in [0.717, 1.165) is 19.6 Å². The van der Waals surface area contributed by atoms with Gasteiger partial charge in [-0.2, -0.15) is 0 Å². The van der Waals surface area contributed by atoms with Crippen LogP contribution in [0.15, 0.2) is 17.2 Å². The van der Waals surface area contributed by atoms with Crippen molar-refractivity contribution in [1.82, 2.24) is 15.3 Å². The Bertz CT molecular complexity index is 361. The summed E-state index contributed by atoms with van der Waals surface area (Å²) in [5.74, 6) is 0.496. The van der Waals surface area contributed by atoms with Crippen LogP contribution >= 0.6 is 0 Å². The fourth-order valence-corrected chi connectivity index (χ4v) is 1.47. The average molecular weight is 224 g/mol. The predicted molar refractivity (Wildman–Crippen MR) is 65.9 cm³/mol. The number of hydrogen-bond acceptors (Lipinski definition) is 4. The van der Waals surface area contributed by atoms with E-state index < -0.39 is 0 Å². The smallest absolute Gasteiger partial charge is 0.290 e. The van der Waals surface area contributed by atoms with Crippen molar-refractivity contribution in [3.63, 3.8) is 0 Å². The SMILES string of the molecule is CCN(CCNC(C)C)c1ncc[nH]c1=O. The largest absolute Gasteiger partial charge is 0.351 e. The number of nitrogens with zero attached hydrogens (tertiary/aromatic N) is 2. The van der Waals surface area contributed by atoms with E-state index >= 15 is 0 Å². The molecule has 0 unspecified atom stereocenters. The van der Waals surface area contributed by atoms with Crippen molar-refractivity contribution < 1.29 is 0 Å². The van der Waals surface area contributed by atoms with Crippen LogP contribution in [0.2, 0.25) is 0 Å². The molecule has 0 spiro atoms.